The Morgan fingerprint density at radius 2 is 1.96 bits per heavy atom. The van der Waals surface area contributed by atoms with Crippen LogP contribution in [0.3, 0.4) is 0 Å². The maximum Gasteiger partial charge on any atom is 0.163 e. The summed E-state index contributed by atoms with van der Waals surface area (Å²) in [5.74, 6) is 1.62. The van der Waals surface area contributed by atoms with Crippen LogP contribution in [-0.4, -0.2) is 34.5 Å². The van der Waals surface area contributed by atoms with E-state index in [0.29, 0.717) is 0 Å². The van der Waals surface area contributed by atoms with Crippen molar-refractivity contribution in [2.75, 3.05) is 5.32 Å². The van der Waals surface area contributed by atoms with Crippen molar-refractivity contribution in [2.24, 2.45) is 7.05 Å². The van der Waals surface area contributed by atoms with Crippen LogP contribution in [0.15, 0.2) is 49.2 Å². The van der Waals surface area contributed by atoms with E-state index >= 15 is 0 Å². The van der Waals surface area contributed by atoms with E-state index < -0.39 is 0 Å². The van der Waals surface area contributed by atoms with Crippen LogP contribution in [0.4, 0.5) is 5.82 Å². The fourth-order valence-corrected chi connectivity index (χ4v) is 3.12. The first-order chi connectivity index (χ1) is 13.2. The summed E-state index contributed by atoms with van der Waals surface area (Å²) in [6, 6.07) is 10.5. The lowest BCUT2D eigenvalue weighted by atomic mass is 10.0. The lowest BCUT2D eigenvalue weighted by Crippen LogP contribution is -2.16. The molecule has 1 atom stereocenters. The molecule has 0 amide bonds. The first kappa shape index (κ1) is 17.1. The molecule has 0 aliphatic carbocycles. The summed E-state index contributed by atoms with van der Waals surface area (Å²) in [4.78, 5) is 13.4. The number of aryl methyl sites for hydroxylation is 3. The summed E-state index contributed by atoms with van der Waals surface area (Å²) in [6.07, 6.45) is 6.73. The molecule has 0 fully saturated rings. The number of aromatic nitrogens is 7. The predicted molar refractivity (Wildman–Crippen MR) is 103 cm³/mol. The maximum atomic E-state index is 4.73. The molecule has 1 N–H and O–H groups in total. The van der Waals surface area contributed by atoms with E-state index in [1.54, 1.807) is 17.3 Å². The zero-order valence-corrected chi connectivity index (χ0v) is 15.4. The third kappa shape index (κ3) is 3.64. The van der Waals surface area contributed by atoms with E-state index in [1.807, 2.05) is 24.0 Å². The van der Waals surface area contributed by atoms with Gasteiger partial charge < -0.3 is 5.32 Å². The number of nitrogens with one attached hydrogen (secondary N) is 1. The van der Waals surface area contributed by atoms with E-state index in [1.165, 1.54) is 5.56 Å². The molecule has 27 heavy (non-hydrogen) atoms. The highest BCUT2D eigenvalue weighted by Gasteiger charge is 2.17. The van der Waals surface area contributed by atoms with E-state index in [2.05, 4.69) is 56.7 Å². The molecule has 8 heteroatoms. The highest BCUT2D eigenvalue weighted by Crippen LogP contribution is 2.27. The second-order valence-electron chi connectivity index (χ2n) is 6.40. The number of hydrogen-bond donors (Lipinski definition) is 1. The fraction of sp³-hybridized carbons (Fsp3) is 0.316. The van der Waals surface area contributed by atoms with Crippen LogP contribution in [-0.2, 0) is 20.0 Å². The van der Waals surface area contributed by atoms with Crippen molar-refractivity contribution in [3.05, 3.63) is 60.6 Å². The van der Waals surface area contributed by atoms with Crippen molar-refractivity contribution in [1.29, 1.82) is 0 Å². The average molecular weight is 362 g/mol. The van der Waals surface area contributed by atoms with E-state index in [-0.39, 0.29) is 6.04 Å². The first-order valence-corrected chi connectivity index (χ1v) is 9.07. The number of rotatable bonds is 7. The summed E-state index contributed by atoms with van der Waals surface area (Å²) >= 11 is 0. The van der Waals surface area contributed by atoms with Gasteiger partial charge >= 0.3 is 0 Å². The molecule has 0 bridgehead atoms. The van der Waals surface area contributed by atoms with Gasteiger partial charge in [-0.05, 0) is 12.0 Å². The van der Waals surface area contributed by atoms with Gasteiger partial charge in [0.2, 0.25) is 0 Å². The van der Waals surface area contributed by atoms with Gasteiger partial charge in [0.1, 0.15) is 24.3 Å². The van der Waals surface area contributed by atoms with Gasteiger partial charge in [-0.25, -0.2) is 15.0 Å². The molecular weight excluding hydrogens is 340 g/mol. The molecule has 8 nitrogen and oxygen atoms in total. The molecule has 0 aliphatic heterocycles. The van der Waals surface area contributed by atoms with Gasteiger partial charge in [0.15, 0.2) is 5.65 Å². The Labute approximate surface area is 157 Å². The van der Waals surface area contributed by atoms with Gasteiger partial charge in [-0.15, -0.1) is 0 Å². The second-order valence-corrected chi connectivity index (χ2v) is 6.40. The van der Waals surface area contributed by atoms with Crippen molar-refractivity contribution in [3.8, 4) is 0 Å². The highest BCUT2D eigenvalue weighted by molar-refractivity contribution is 5.86. The van der Waals surface area contributed by atoms with Crippen LogP contribution in [0.25, 0.3) is 11.0 Å². The fourth-order valence-electron chi connectivity index (χ4n) is 3.12. The van der Waals surface area contributed by atoms with Crippen molar-refractivity contribution in [2.45, 2.75) is 32.4 Å². The molecule has 4 aromatic rings. The molecule has 0 saturated heterocycles. The average Bonchev–Trinajstić information content (AvgIpc) is 3.36. The van der Waals surface area contributed by atoms with Crippen LogP contribution in [0, 0.1) is 0 Å². The lowest BCUT2D eigenvalue weighted by molar-refractivity contribution is 0.537. The highest BCUT2D eigenvalue weighted by atomic mass is 15.3. The Balaban J connectivity index is 1.67. The van der Waals surface area contributed by atoms with Gasteiger partial charge in [0.05, 0.1) is 17.6 Å². The van der Waals surface area contributed by atoms with Crippen LogP contribution >= 0.6 is 0 Å². The molecule has 3 heterocycles. The minimum Gasteiger partial charge on any atom is -0.362 e. The van der Waals surface area contributed by atoms with Crippen molar-refractivity contribution < 1.29 is 0 Å². The molecule has 0 spiro atoms. The summed E-state index contributed by atoms with van der Waals surface area (Å²) in [5.41, 5.74) is 2.04. The molecule has 0 unspecified atom stereocenters. The second kappa shape index (κ2) is 7.53. The Hall–Kier alpha value is -3.29. The van der Waals surface area contributed by atoms with Crippen LogP contribution in [0.2, 0.25) is 0 Å². The summed E-state index contributed by atoms with van der Waals surface area (Å²) < 4.78 is 3.63. The maximum absolute atomic E-state index is 4.73. The molecule has 3 aromatic heterocycles. The quantitative estimate of drug-likeness (QED) is 0.544. The Bertz CT molecular complexity index is 1010. The van der Waals surface area contributed by atoms with Gasteiger partial charge in [-0.2, -0.15) is 10.2 Å². The molecular formula is C19H22N8. The number of nitrogens with zero attached hydrogens (tertiary/aromatic N) is 7. The Morgan fingerprint density at radius 3 is 2.70 bits per heavy atom. The minimum atomic E-state index is 0.0819. The van der Waals surface area contributed by atoms with Crippen molar-refractivity contribution in [1.82, 2.24) is 34.5 Å². The number of fused-ring (bicyclic) bond motifs is 1. The largest absolute Gasteiger partial charge is 0.362 e. The van der Waals surface area contributed by atoms with Crippen LogP contribution in [0.1, 0.15) is 30.8 Å². The van der Waals surface area contributed by atoms with E-state index in [9.17, 15) is 0 Å². The molecule has 0 saturated carbocycles. The number of anilines is 1. The molecule has 1 aromatic carbocycles. The zero-order valence-electron chi connectivity index (χ0n) is 15.4. The monoisotopic (exact) mass is 362 g/mol. The molecule has 0 aliphatic rings. The van der Waals surface area contributed by atoms with Gasteiger partial charge in [-0.3, -0.25) is 9.36 Å². The van der Waals surface area contributed by atoms with Crippen molar-refractivity contribution >= 4 is 16.9 Å². The molecule has 0 radical (unpaired) electrons. The summed E-state index contributed by atoms with van der Waals surface area (Å²) in [7, 11) is 1.90. The minimum absolute atomic E-state index is 0.0819. The zero-order chi connectivity index (χ0) is 18.6. The van der Waals surface area contributed by atoms with Gasteiger partial charge in [0, 0.05) is 20.0 Å². The number of benzene rings is 1. The topological polar surface area (TPSA) is 86.3 Å². The summed E-state index contributed by atoms with van der Waals surface area (Å²) in [5, 5.41) is 13.1. The Morgan fingerprint density at radius 1 is 1.11 bits per heavy atom. The van der Waals surface area contributed by atoms with Crippen LogP contribution in [0.5, 0.6) is 0 Å². The lowest BCUT2D eigenvalue weighted by Gasteiger charge is -2.20. The molecule has 4 rings (SSSR count). The SMILES string of the molecule is CCc1nc(N[C@@H](CCn2cncn2)c2ccccc2)c2cnn(C)c2n1. The van der Waals surface area contributed by atoms with Gasteiger partial charge in [0.25, 0.3) is 0 Å². The van der Waals surface area contributed by atoms with E-state index in [4.69, 9.17) is 4.98 Å². The van der Waals surface area contributed by atoms with Crippen LogP contribution < -0.4 is 5.32 Å². The third-order valence-corrected chi connectivity index (χ3v) is 4.58. The normalized spacial score (nSPS) is 12.4. The Kier molecular flexibility index (Phi) is 4.78. The van der Waals surface area contributed by atoms with Gasteiger partial charge in [-0.1, -0.05) is 37.3 Å². The van der Waals surface area contributed by atoms with Crippen molar-refractivity contribution in [3.63, 3.8) is 0 Å². The van der Waals surface area contributed by atoms with E-state index in [0.717, 1.165) is 42.1 Å². The standard InChI is InChI=1S/C19H22N8/c1-3-17-24-18(15-11-21-26(2)19(15)25-17)23-16(14-7-5-4-6-8-14)9-10-27-13-20-12-22-27/h4-8,11-13,16H,3,9-10H2,1-2H3,(H,23,24,25)/t16-/m0/s1. The summed E-state index contributed by atoms with van der Waals surface area (Å²) in [6.45, 7) is 2.81. The molecule has 138 valence electrons. The first-order valence-electron chi connectivity index (χ1n) is 9.07. The third-order valence-electron chi connectivity index (χ3n) is 4.58. The smallest absolute Gasteiger partial charge is 0.163 e. The number of hydrogen-bond acceptors (Lipinski definition) is 6. The predicted octanol–water partition coefficient (Wildman–Crippen LogP) is 2.76.